The summed E-state index contributed by atoms with van der Waals surface area (Å²) in [6.07, 6.45) is 3.34. The minimum absolute atomic E-state index is 0.0398. The highest BCUT2D eigenvalue weighted by Gasteiger charge is 2.34. The molecule has 1 unspecified atom stereocenters. The highest BCUT2D eigenvalue weighted by Crippen LogP contribution is 2.39. The van der Waals surface area contributed by atoms with Gasteiger partial charge in [0.25, 0.3) is 5.91 Å². The Morgan fingerprint density at radius 2 is 1.86 bits per heavy atom. The molecule has 3 aromatic heterocycles. The largest absolute Gasteiger partial charge is 0.443 e. The fourth-order valence-electron chi connectivity index (χ4n) is 4.21. The summed E-state index contributed by atoms with van der Waals surface area (Å²) in [4.78, 5) is 36.7. The van der Waals surface area contributed by atoms with Crippen LogP contribution in [-0.2, 0) is 9.47 Å². The zero-order valence-electron chi connectivity index (χ0n) is 21.7. The van der Waals surface area contributed by atoms with Crippen molar-refractivity contribution in [3.05, 3.63) is 35.7 Å². The molecule has 0 spiro atoms. The van der Waals surface area contributed by atoms with Gasteiger partial charge in [0, 0.05) is 31.8 Å². The maximum Gasteiger partial charge on any atom is 0.414 e. The van der Waals surface area contributed by atoms with Gasteiger partial charge in [0.2, 0.25) is 5.76 Å². The number of ether oxygens (including phenoxy) is 2. The third kappa shape index (κ3) is 5.36. The van der Waals surface area contributed by atoms with Gasteiger partial charge >= 0.3 is 6.09 Å². The Morgan fingerprint density at radius 1 is 1.08 bits per heavy atom. The fourth-order valence-corrected chi connectivity index (χ4v) is 4.21. The summed E-state index contributed by atoms with van der Waals surface area (Å²) < 4.78 is 16.4. The van der Waals surface area contributed by atoms with E-state index in [9.17, 15) is 9.59 Å². The molecule has 0 saturated heterocycles. The molecule has 11 nitrogen and oxygen atoms in total. The van der Waals surface area contributed by atoms with E-state index in [0.717, 1.165) is 31.4 Å². The third-order valence-electron chi connectivity index (χ3n) is 6.50. The first kappa shape index (κ1) is 24.9. The summed E-state index contributed by atoms with van der Waals surface area (Å²) in [5.74, 6) is 0.996. The second-order valence-electron chi connectivity index (χ2n) is 10.6. The molecule has 0 radical (unpaired) electrons. The number of fused-ring (bicyclic) bond motifs is 1. The molecule has 2 atom stereocenters. The van der Waals surface area contributed by atoms with Gasteiger partial charge in [0.05, 0.1) is 17.8 Å². The zero-order chi connectivity index (χ0) is 26.3. The first-order chi connectivity index (χ1) is 17.6. The lowest BCUT2D eigenvalue weighted by Gasteiger charge is -2.35. The first-order valence-electron chi connectivity index (χ1n) is 12.5. The molecule has 2 fully saturated rings. The molecule has 0 aliphatic heterocycles. The average molecular weight is 509 g/mol. The molecule has 2 N–H and O–H groups in total. The van der Waals surface area contributed by atoms with Crippen molar-refractivity contribution < 1.29 is 23.6 Å². The minimum atomic E-state index is -0.693. The number of carbonyl (C=O) groups excluding carboxylic acids is 2. The van der Waals surface area contributed by atoms with Crippen molar-refractivity contribution in [2.75, 3.05) is 24.4 Å². The summed E-state index contributed by atoms with van der Waals surface area (Å²) >= 11 is 0. The Labute approximate surface area is 214 Å². The van der Waals surface area contributed by atoms with Gasteiger partial charge in [-0.15, -0.1) is 0 Å². The van der Waals surface area contributed by atoms with Crippen molar-refractivity contribution in [2.45, 2.75) is 70.1 Å². The van der Waals surface area contributed by atoms with Crippen molar-refractivity contribution in [2.24, 2.45) is 0 Å². The van der Waals surface area contributed by atoms with E-state index in [1.807, 2.05) is 18.2 Å². The number of rotatable bonds is 7. The van der Waals surface area contributed by atoms with Gasteiger partial charge in [0.15, 0.2) is 5.52 Å². The predicted molar refractivity (Wildman–Crippen MR) is 137 cm³/mol. The van der Waals surface area contributed by atoms with Crippen LogP contribution >= 0.6 is 0 Å². The molecular weight excluding hydrogens is 476 g/mol. The second-order valence-corrected chi connectivity index (χ2v) is 10.6. The van der Waals surface area contributed by atoms with Gasteiger partial charge in [-0.1, -0.05) is 11.2 Å². The van der Waals surface area contributed by atoms with Crippen LogP contribution in [0.25, 0.3) is 11.0 Å². The number of methoxy groups -OCH3 is 1. The van der Waals surface area contributed by atoms with Gasteiger partial charge in [-0.05, 0) is 58.6 Å². The smallest absolute Gasteiger partial charge is 0.414 e. The van der Waals surface area contributed by atoms with Crippen LogP contribution in [-0.4, -0.2) is 59.0 Å². The highest BCUT2D eigenvalue weighted by molar-refractivity contribution is 6.07. The van der Waals surface area contributed by atoms with Gasteiger partial charge in [-0.3, -0.25) is 9.69 Å². The topological polar surface area (TPSA) is 132 Å². The van der Waals surface area contributed by atoms with E-state index >= 15 is 0 Å². The van der Waals surface area contributed by atoms with Crippen LogP contribution in [0.15, 0.2) is 28.8 Å². The molecule has 37 heavy (non-hydrogen) atoms. The molecule has 11 heteroatoms. The van der Waals surface area contributed by atoms with Gasteiger partial charge in [-0.2, -0.15) is 0 Å². The maximum atomic E-state index is 13.1. The zero-order valence-corrected chi connectivity index (χ0v) is 21.7. The third-order valence-corrected chi connectivity index (χ3v) is 6.50. The standard InChI is InChI=1S/C26H32N6O5/c1-26(2,3)36-25(34)32(4)17-13-20(29-19-8-6-7-15(27-19)14-9-10-14)30-22-21(17)31-37-23(22)24(33)28-16-11-12-18(16)35-5/h6-8,13-14,16,18H,9-12H2,1-5H3,(H,28,33)(H,27,29,30)/t16?,18-/m1/s1. The van der Waals surface area contributed by atoms with Crippen molar-refractivity contribution in [3.8, 4) is 0 Å². The number of pyridine rings is 2. The molecule has 2 aliphatic rings. The van der Waals surface area contributed by atoms with E-state index in [0.29, 0.717) is 23.2 Å². The molecule has 3 heterocycles. The number of anilines is 3. The van der Waals surface area contributed by atoms with Crippen molar-refractivity contribution in [1.29, 1.82) is 0 Å². The Bertz CT molecular complexity index is 1330. The normalized spacial score (nSPS) is 19.3. The van der Waals surface area contributed by atoms with Gasteiger partial charge in [-0.25, -0.2) is 14.8 Å². The molecule has 196 valence electrons. The van der Waals surface area contributed by atoms with Crippen molar-refractivity contribution >= 4 is 40.4 Å². The maximum absolute atomic E-state index is 13.1. The molecular formula is C26H32N6O5. The highest BCUT2D eigenvalue weighted by atomic mass is 16.6. The van der Waals surface area contributed by atoms with E-state index in [-0.39, 0.29) is 28.9 Å². The van der Waals surface area contributed by atoms with Crippen molar-refractivity contribution in [1.82, 2.24) is 20.4 Å². The van der Waals surface area contributed by atoms with E-state index in [4.69, 9.17) is 19.0 Å². The number of hydrogen-bond acceptors (Lipinski definition) is 9. The van der Waals surface area contributed by atoms with Crippen LogP contribution in [0.4, 0.5) is 22.1 Å². The Hall–Kier alpha value is -3.73. The van der Waals surface area contributed by atoms with Crippen LogP contribution in [0.5, 0.6) is 0 Å². The Balaban J connectivity index is 1.51. The van der Waals surface area contributed by atoms with Crippen LogP contribution in [0.1, 0.15) is 68.6 Å². The number of carbonyl (C=O) groups is 2. The molecule has 2 saturated carbocycles. The lowest BCUT2D eigenvalue weighted by atomic mass is 9.89. The minimum Gasteiger partial charge on any atom is -0.443 e. The van der Waals surface area contributed by atoms with E-state index in [1.54, 1.807) is 41.0 Å². The molecule has 0 bridgehead atoms. The first-order valence-corrected chi connectivity index (χ1v) is 12.5. The average Bonchev–Trinajstić information content (AvgIpc) is 3.59. The lowest BCUT2D eigenvalue weighted by molar-refractivity contribution is 0.00677. The summed E-state index contributed by atoms with van der Waals surface area (Å²) in [5.41, 5.74) is 1.19. The molecule has 5 rings (SSSR count). The molecule has 3 aromatic rings. The Morgan fingerprint density at radius 3 is 2.51 bits per heavy atom. The van der Waals surface area contributed by atoms with E-state index in [1.165, 1.54) is 4.90 Å². The molecule has 2 amide bonds. The number of amides is 2. The quantitative estimate of drug-likeness (QED) is 0.473. The number of aromatic nitrogens is 3. The number of nitrogens with one attached hydrogen (secondary N) is 2. The van der Waals surface area contributed by atoms with E-state index in [2.05, 4.69) is 20.8 Å². The predicted octanol–water partition coefficient (Wildman–Crippen LogP) is 4.52. The van der Waals surface area contributed by atoms with Crippen molar-refractivity contribution in [3.63, 3.8) is 0 Å². The van der Waals surface area contributed by atoms with Gasteiger partial charge < -0.3 is 24.6 Å². The summed E-state index contributed by atoms with van der Waals surface area (Å²) in [6, 6.07) is 7.35. The molecule has 2 aliphatic carbocycles. The lowest BCUT2D eigenvalue weighted by Crippen LogP contribution is -2.51. The number of nitrogens with zero attached hydrogens (tertiary/aromatic N) is 4. The molecule has 0 aromatic carbocycles. The van der Waals surface area contributed by atoms with E-state index < -0.39 is 17.6 Å². The van der Waals surface area contributed by atoms with Crippen LogP contribution in [0, 0.1) is 0 Å². The SMILES string of the molecule is CO[C@@H]1CCC1NC(=O)c1onc2c(N(C)C(=O)OC(C)(C)C)cc(Nc3cccc(C4CC4)n3)nc12. The van der Waals surface area contributed by atoms with Gasteiger partial charge in [0.1, 0.15) is 22.8 Å². The summed E-state index contributed by atoms with van der Waals surface area (Å²) in [6.45, 7) is 5.37. The van der Waals surface area contributed by atoms with Crippen LogP contribution < -0.4 is 15.5 Å². The fraction of sp³-hybridized carbons (Fsp3) is 0.500. The number of hydrogen-bond donors (Lipinski definition) is 2. The second kappa shape index (κ2) is 9.62. The monoisotopic (exact) mass is 508 g/mol. The summed E-state index contributed by atoms with van der Waals surface area (Å²) in [7, 11) is 3.20. The Kier molecular flexibility index (Phi) is 6.49. The van der Waals surface area contributed by atoms with Crippen LogP contribution in [0.3, 0.4) is 0 Å². The summed E-state index contributed by atoms with van der Waals surface area (Å²) in [5, 5.41) is 10.3. The van der Waals surface area contributed by atoms with Crippen LogP contribution in [0.2, 0.25) is 0 Å².